The maximum absolute atomic E-state index is 6.21. The zero-order valence-corrected chi connectivity index (χ0v) is 16.7. The minimum atomic E-state index is 0.442. The molecular weight excluding hydrogens is 400 g/mol. The predicted molar refractivity (Wildman–Crippen MR) is 108 cm³/mol. The molecule has 0 unspecified atom stereocenters. The van der Waals surface area contributed by atoms with Crippen LogP contribution in [0.4, 0.5) is 0 Å². The number of thiophene rings is 1. The molecule has 1 aliphatic rings. The van der Waals surface area contributed by atoms with E-state index in [1.807, 2.05) is 35.6 Å². The molecule has 0 aliphatic heterocycles. The summed E-state index contributed by atoms with van der Waals surface area (Å²) < 4.78 is 5.81. The summed E-state index contributed by atoms with van der Waals surface area (Å²) >= 11 is 9.64. The van der Waals surface area contributed by atoms with Gasteiger partial charge in [0.25, 0.3) is 0 Å². The quantitative estimate of drug-likeness (QED) is 0.321. The van der Waals surface area contributed by atoms with Gasteiger partial charge in [0.15, 0.2) is 0 Å². The Kier molecular flexibility index (Phi) is 4.59. The van der Waals surface area contributed by atoms with Crippen LogP contribution in [0, 0.1) is 0 Å². The lowest BCUT2D eigenvalue weighted by molar-refractivity contribution is 0.528. The second kappa shape index (κ2) is 7.22. The fraction of sp³-hybridized carbons (Fsp3) is 0.263. The van der Waals surface area contributed by atoms with Crippen molar-refractivity contribution < 1.29 is 4.42 Å². The Morgan fingerprint density at radius 2 is 2.00 bits per heavy atom. The van der Waals surface area contributed by atoms with E-state index >= 15 is 0 Å². The van der Waals surface area contributed by atoms with Gasteiger partial charge in [0.2, 0.25) is 11.8 Å². The zero-order chi connectivity index (χ0) is 18.2. The van der Waals surface area contributed by atoms with Crippen LogP contribution in [0.25, 0.3) is 21.7 Å². The van der Waals surface area contributed by atoms with Crippen molar-refractivity contribution in [1.82, 2.24) is 20.2 Å². The Bertz CT molecular complexity index is 1120. The number of hydrogen-bond donors (Lipinski definition) is 0. The summed E-state index contributed by atoms with van der Waals surface area (Å²) in [5.41, 5.74) is 2.19. The molecular formula is C19H15ClN4OS2. The first-order valence-electron chi connectivity index (χ1n) is 8.75. The van der Waals surface area contributed by atoms with Crippen LogP contribution in [0.5, 0.6) is 0 Å². The number of hydrogen-bond acceptors (Lipinski definition) is 7. The van der Waals surface area contributed by atoms with E-state index in [4.69, 9.17) is 16.0 Å². The number of fused-ring (bicyclic) bond motifs is 3. The largest absolute Gasteiger partial charge is 0.420 e. The average molecular weight is 415 g/mol. The van der Waals surface area contributed by atoms with Crippen molar-refractivity contribution in [2.45, 2.75) is 36.5 Å². The minimum Gasteiger partial charge on any atom is -0.420 e. The first kappa shape index (κ1) is 17.2. The number of aromatic nitrogens is 4. The lowest BCUT2D eigenvalue weighted by atomic mass is 9.97. The molecule has 0 atom stereocenters. The average Bonchev–Trinajstić information content (AvgIpc) is 3.31. The lowest BCUT2D eigenvalue weighted by Gasteiger charge is -2.11. The minimum absolute atomic E-state index is 0.442. The molecule has 5 rings (SSSR count). The molecule has 0 bridgehead atoms. The molecule has 136 valence electrons. The van der Waals surface area contributed by atoms with E-state index in [0.717, 1.165) is 28.3 Å². The van der Waals surface area contributed by atoms with E-state index in [0.29, 0.717) is 22.6 Å². The van der Waals surface area contributed by atoms with E-state index < -0.39 is 0 Å². The van der Waals surface area contributed by atoms with Gasteiger partial charge < -0.3 is 4.42 Å². The molecule has 1 aliphatic carbocycles. The van der Waals surface area contributed by atoms with E-state index in [-0.39, 0.29) is 0 Å². The lowest BCUT2D eigenvalue weighted by Crippen LogP contribution is -1.99. The number of rotatable bonds is 4. The van der Waals surface area contributed by atoms with E-state index in [1.165, 1.54) is 28.7 Å². The van der Waals surface area contributed by atoms with Crippen molar-refractivity contribution in [3.05, 3.63) is 51.9 Å². The van der Waals surface area contributed by atoms with Gasteiger partial charge in [-0.1, -0.05) is 35.5 Å². The Morgan fingerprint density at radius 1 is 1.11 bits per heavy atom. The van der Waals surface area contributed by atoms with Gasteiger partial charge in [0.05, 0.1) is 16.3 Å². The smallest absolute Gasteiger partial charge is 0.249 e. The third-order valence-electron chi connectivity index (χ3n) is 4.62. The third-order valence-corrected chi connectivity index (χ3v) is 7.12. The Morgan fingerprint density at radius 3 is 2.93 bits per heavy atom. The molecule has 0 amide bonds. The van der Waals surface area contributed by atoms with E-state index in [2.05, 4.69) is 20.2 Å². The van der Waals surface area contributed by atoms with Crippen LogP contribution in [0.1, 0.15) is 29.2 Å². The monoisotopic (exact) mass is 414 g/mol. The van der Waals surface area contributed by atoms with Gasteiger partial charge in [0.1, 0.15) is 16.2 Å². The Hall–Kier alpha value is -1.96. The number of halogens is 1. The van der Waals surface area contributed by atoms with Crippen molar-refractivity contribution in [3.8, 4) is 11.5 Å². The highest BCUT2D eigenvalue weighted by Crippen LogP contribution is 2.40. The first-order chi connectivity index (χ1) is 13.3. The molecule has 0 saturated carbocycles. The van der Waals surface area contributed by atoms with Crippen LogP contribution in [-0.4, -0.2) is 20.2 Å². The van der Waals surface area contributed by atoms with E-state index in [1.54, 1.807) is 18.1 Å². The van der Waals surface area contributed by atoms with Crippen LogP contribution >= 0.6 is 34.7 Å². The van der Waals surface area contributed by atoms with Crippen LogP contribution < -0.4 is 0 Å². The predicted octanol–water partition coefficient (Wildman–Crippen LogP) is 5.57. The molecule has 0 radical (unpaired) electrons. The second-order valence-corrected chi connectivity index (χ2v) is 8.79. The molecule has 0 spiro atoms. The molecule has 0 fully saturated rings. The maximum atomic E-state index is 6.21. The van der Waals surface area contributed by atoms with Crippen molar-refractivity contribution in [3.63, 3.8) is 0 Å². The van der Waals surface area contributed by atoms with Crippen LogP contribution in [-0.2, 0) is 18.6 Å². The topological polar surface area (TPSA) is 64.7 Å². The fourth-order valence-electron chi connectivity index (χ4n) is 3.36. The van der Waals surface area contributed by atoms with Gasteiger partial charge in [-0.05, 0) is 43.4 Å². The number of thioether (sulfide) groups is 1. The summed E-state index contributed by atoms with van der Waals surface area (Å²) in [5, 5.41) is 11.1. The van der Waals surface area contributed by atoms with Crippen LogP contribution in [0.2, 0.25) is 5.02 Å². The summed E-state index contributed by atoms with van der Waals surface area (Å²) in [6, 6.07) is 7.46. The Labute approximate surface area is 169 Å². The van der Waals surface area contributed by atoms with Crippen LogP contribution in [0.15, 0.2) is 40.0 Å². The van der Waals surface area contributed by atoms with Gasteiger partial charge in [-0.15, -0.1) is 21.5 Å². The van der Waals surface area contributed by atoms with Crippen molar-refractivity contribution >= 4 is 44.9 Å². The molecule has 0 N–H and O–H groups in total. The summed E-state index contributed by atoms with van der Waals surface area (Å²) in [4.78, 5) is 11.6. The fourth-order valence-corrected chi connectivity index (χ4v) is 5.73. The molecule has 0 saturated heterocycles. The van der Waals surface area contributed by atoms with Gasteiger partial charge >= 0.3 is 0 Å². The summed E-state index contributed by atoms with van der Waals surface area (Å²) in [6.07, 6.45) is 6.43. The van der Waals surface area contributed by atoms with Crippen molar-refractivity contribution in [1.29, 1.82) is 0 Å². The van der Waals surface area contributed by atoms with Crippen LogP contribution in [0.3, 0.4) is 0 Å². The zero-order valence-electron chi connectivity index (χ0n) is 14.3. The third kappa shape index (κ3) is 3.24. The molecule has 1 aromatic carbocycles. The van der Waals surface area contributed by atoms with Gasteiger partial charge in [-0.25, -0.2) is 9.97 Å². The number of nitrogens with zero attached hydrogens (tertiary/aromatic N) is 4. The molecule has 4 aromatic rings. The highest BCUT2D eigenvalue weighted by molar-refractivity contribution is 7.98. The number of aryl methyl sites for hydroxylation is 2. The second-order valence-electron chi connectivity index (χ2n) is 6.34. The summed E-state index contributed by atoms with van der Waals surface area (Å²) in [5.74, 6) is 1.57. The molecule has 3 aromatic heterocycles. The highest BCUT2D eigenvalue weighted by atomic mass is 35.5. The summed E-state index contributed by atoms with van der Waals surface area (Å²) in [7, 11) is 0. The van der Waals surface area contributed by atoms with Crippen molar-refractivity contribution in [2.24, 2.45) is 0 Å². The van der Waals surface area contributed by atoms with Gasteiger partial charge in [-0.3, -0.25) is 0 Å². The molecule has 5 nitrogen and oxygen atoms in total. The Balaban J connectivity index is 1.41. The SMILES string of the molecule is Clc1ccccc1-c1nnc(CSc2ncnc3sc4c(c23)CCCC4)o1. The highest BCUT2D eigenvalue weighted by Gasteiger charge is 2.20. The number of benzene rings is 1. The molecule has 27 heavy (non-hydrogen) atoms. The molecule has 3 heterocycles. The summed E-state index contributed by atoms with van der Waals surface area (Å²) in [6.45, 7) is 0. The normalized spacial score (nSPS) is 13.8. The first-order valence-corrected chi connectivity index (χ1v) is 10.9. The van der Waals surface area contributed by atoms with E-state index in [9.17, 15) is 0 Å². The maximum Gasteiger partial charge on any atom is 0.249 e. The van der Waals surface area contributed by atoms with Gasteiger partial charge in [0, 0.05) is 10.3 Å². The van der Waals surface area contributed by atoms with Crippen molar-refractivity contribution in [2.75, 3.05) is 0 Å². The standard InChI is InChI=1S/C19H15ClN4OS2/c20-13-7-3-1-5-11(13)17-24-23-15(25-17)9-26-18-16-12-6-2-4-8-14(12)27-19(16)22-10-21-18/h1,3,5,7,10H,2,4,6,8-9H2. The van der Waals surface area contributed by atoms with Gasteiger partial charge in [-0.2, -0.15) is 0 Å². The molecule has 8 heteroatoms.